The van der Waals surface area contributed by atoms with Gasteiger partial charge in [-0.2, -0.15) is 0 Å². The van der Waals surface area contributed by atoms with Crippen molar-refractivity contribution in [3.63, 3.8) is 0 Å². The average Bonchev–Trinajstić information content (AvgIpc) is 2.50. The van der Waals surface area contributed by atoms with E-state index in [1.807, 2.05) is 36.4 Å². The Bertz CT molecular complexity index is 825. The molecule has 0 aliphatic heterocycles. The average molecular weight is 280 g/mol. The summed E-state index contributed by atoms with van der Waals surface area (Å²) >= 11 is 0. The Morgan fingerprint density at radius 1 is 1.00 bits per heavy atom. The Kier molecular flexibility index (Phi) is 3.28. The van der Waals surface area contributed by atoms with E-state index in [-0.39, 0.29) is 11.3 Å². The topological polar surface area (TPSA) is 55.1 Å². The second-order valence-electron chi connectivity index (χ2n) is 4.71. The molecule has 3 aromatic rings. The summed E-state index contributed by atoms with van der Waals surface area (Å²) in [6.45, 7) is 0. The smallest absolute Gasteiger partial charge is 0.257 e. The first-order valence-corrected chi connectivity index (χ1v) is 6.49. The second kappa shape index (κ2) is 5.25. The molecular weight excluding hydrogens is 267 g/mol. The molecule has 0 spiro atoms. The SMILES string of the molecule is Nc1ccc(F)cc1C(=O)Nc1cccc2ccccc12. The number of hydrogen-bond donors (Lipinski definition) is 2. The maximum absolute atomic E-state index is 13.3. The lowest BCUT2D eigenvalue weighted by Gasteiger charge is -2.10. The third-order valence-corrected chi connectivity index (χ3v) is 3.30. The number of nitrogens with two attached hydrogens (primary N) is 1. The van der Waals surface area contributed by atoms with Crippen LogP contribution in [0.25, 0.3) is 10.8 Å². The van der Waals surface area contributed by atoms with E-state index in [9.17, 15) is 9.18 Å². The van der Waals surface area contributed by atoms with Crippen LogP contribution in [-0.2, 0) is 0 Å². The normalized spacial score (nSPS) is 10.5. The lowest BCUT2D eigenvalue weighted by Crippen LogP contribution is -2.14. The largest absolute Gasteiger partial charge is 0.398 e. The first-order chi connectivity index (χ1) is 10.1. The maximum atomic E-state index is 13.3. The van der Waals surface area contributed by atoms with E-state index in [2.05, 4.69) is 5.32 Å². The van der Waals surface area contributed by atoms with Gasteiger partial charge in [-0.05, 0) is 29.7 Å². The van der Waals surface area contributed by atoms with E-state index in [0.29, 0.717) is 5.69 Å². The maximum Gasteiger partial charge on any atom is 0.257 e. The molecule has 0 aromatic heterocycles. The third kappa shape index (κ3) is 2.56. The molecule has 0 saturated carbocycles. The van der Waals surface area contributed by atoms with Crippen LogP contribution in [0, 0.1) is 5.82 Å². The van der Waals surface area contributed by atoms with Gasteiger partial charge in [-0.3, -0.25) is 4.79 Å². The molecule has 104 valence electrons. The lowest BCUT2D eigenvalue weighted by atomic mass is 10.1. The molecule has 0 atom stereocenters. The molecule has 3 aromatic carbocycles. The van der Waals surface area contributed by atoms with Gasteiger partial charge in [0.1, 0.15) is 5.82 Å². The highest BCUT2D eigenvalue weighted by molar-refractivity contribution is 6.11. The van der Waals surface area contributed by atoms with E-state index in [4.69, 9.17) is 5.73 Å². The van der Waals surface area contributed by atoms with Crippen LogP contribution in [-0.4, -0.2) is 5.91 Å². The van der Waals surface area contributed by atoms with Crippen LogP contribution < -0.4 is 11.1 Å². The summed E-state index contributed by atoms with van der Waals surface area (Å²) in [4.78, 5) is 12.3. The molecule has 3 rings (SSSR count). The van der Waals surface area contributed by atoms with Gasteiger partial charge in [0.2, 0.25) is 0 Å². The summed E-state index contributed by atoms with van der Waals surface area (Å²) in [5, 5.41) is 4.72. The highest BCUT2D eigenvalue weighted by Gasteiger charge is 2.12. The quantitative estimate of drug-likeness (QED) is 0.701. The summed E-state index contributed by atoms with van der Waals surface area (Å²) in [6.07, 6.45) is 0. The Morgan fingerprint density at radius 2 is 1.76 bits per heavy atom. The number of benzene rings is 3. The monoisotopic (exact) mass is 280 g/mol. The van der Waals surface area contributed by atoms with E-state index < -0.39 is 11.7 Å². The van der Waals surface area contributed by atoms with Gasteiger partial charge in [-0.15, -0.1) is 0 Å². The van der Waals surface area contributed by atoms with Crippen LogP contribution in [0.3, 0.4) is 0 Å². The number of carbonyl (C=O) groups is 1. The number of halogens is 1. The number of amides is 1. The zero-order valence-electron chi connectivity index (χ0n) is 11.1. The summed E-state index contributed by atoms with van der Waals surface area (Å²) in [5.74, 6) is -0.921. The molecule has 0 bridgehead atoms. The molecule has 21 heavy (non-hydrogen) atoms. The highest BCUT2D eigenvalue weighted by Crippen LogP contribution is 2.24. The lowest BCUT2D eigenvalue weighted by molar-refractivity contribution is 0.102. The van der Waals surface area contributed by atoms with Crippen molar-refractivity contribution in [2.45, 2.75) is 0 Å². The fraction of sp³-hybridized carbons (Fsp3) is 0. The van der Waals surface area contributed by atoms with Gasteiger partial charge in [-0.25, -0.2) is 4.39 Å². The first kappa shape index (κ1) is 13.1. The zero-order chi connectivity index (χ0) is 14.8. The predicted molar refractivity (Wildman–Crippen MR) is 82.7 cm³/mol. The van der Waals surface area contributed by atoms with Crippen LogP contribution in [0.15, 0.2) is 60.7 Å². The minimum atomic E-state index is -0.493. The molecule has 0 radical (unpaired) electrons. The molecule has 0 heterocycles. The van der Waals surface area contributed by atoms with Crippen LogP contribution >= 0.6 is 0 Å². The number of fused-ring (bicyclic) bond motifs is 1. The summed E-state index contributed by atoms with van der Waals surface area (Å²) in [6, 6.07) is 17.1. The van der Waals surface area contributed by atoms with Crippen LogP contribution in [0.4, 0.5) is 15.8 Å². The molecule has 3 nitrogen and oxygen atoms in total. The van der Waals surface area contributed by atoms with Crippen LogP contribution in [0.2, 0.25) is 0 Å². The molecule has 3 N–H and O–H groups in total. The molecule has 1 amide bonds. The van der Waals surface area contributed by atoms with Crippen LogP contribution in [0.5, 0.6) is 0 Å². The molecule has 4 heteroatoms. The molecule has 0 unspecified atom stereocenters. The van der Waals surface area contributed by atoms with Gasteiger partial charge < -0.3 is 11.1 Å². The molecule has 0 fully saturated rings. The van der Waals surface area contributed by atoms with E-state index >= 15 is 0 Å². The molecule has 0 aliphatic carbocycles. The van der Waals surface area contributed by atoms with Crippen molar-refractivity contribution < 1.29 is 9.18 Å². The summed E-state index contributed by atoms with van der Waals surface area (Å²) in [7, 11) is 0. The van der Waals surface area contributed by atoms with Gasteiger partial charge in [0, 0.05) is 16.8 Å². The van der Waals surface area contributed by atoms with Gasteiger partial charge in [0.05, 0.1) is 5.56 Å². The minimum absolute atomic E-state index is 0.128. The molecule has 0 saturated heterocycles. The van der Waals surface area contributed by atoms with Gasteiger partial charge in [-0.1, -0.05) is 36.4 Å². The predicted octanol–water partition coefficient (Wildman–Crippen LogP) is 3.81. The van der Waals surface area contributed by atoms with E-state index in [1.54, 1.807) is 6.07 Å². The fourth-order valence-corrected chi connectivity index (χ4v) is 2.25. The number of carbonyl (C=O) groups excluding carboxylic acids is 1. The molecular formula is C17H13FN2O. The van der Waals surface area contributed by atoms with E-state index in [0.717, 1.165) is 16.8 Å². The zero-order valence-corrected chi connectivity index (χ0v) is 11.1. The highest BCUT2D eigenvalue weighted by atomic mass is 19.1. The van der Waals surface area contributed by atoms with Crippen molar-refractivity contribution in [1.82, 2.24) is 0 Å². The fourth-order valence-electron chi connectivity index (χ4n) is 2.25. The van der Waals surface area contributed by atoms with Gasteiger partial charge in [0.15, 0.2) is 0 Å². The Balaban J connectivity index is 1.99. The summed E-state index contributed by atoms with van der Waals surface area (Å²) < 4.78 is 13.3. The van der Waals surface area contributed by atoms with Crippen LogP contribution in [0.1, 0.15) is 10.4 Å². The Hall–Kier alpha value is -2.88. The standard InChI is InChI=1S/C17H13FN2O/c18-12-8-9-15(19)14(10-12)17(21)20-16-7-3-5-11-4-1-2-6-13(11)16/h1-10H,19H2,(H,20,21). The van der Waals surface area contributed by atoms with Crippen molar-refractivity contribution in [2.24, 2.45) is 0 Å². The number of anilines is 2. The minimum Gasteiger partial charge on any atom is -0.398 e. The van der Waals surface area contributed by atoms with Crippen molar-refractivity contribution in [2.75, 3.05) is 11.1 Å². The first-order valence-electron chi connectivity index (χ1n) is 6.49. The van der Waals surface area contributed by atoms with Crippen molar-refractivity contribution in [1.29, 1.82) is 0 Å². The molecule has 0 aliphatic rings. The van der Waals surface area contributed by atoms with Gasteiger partial charge >= 0.3 is 0 Å². The number of nitrogen functional groups attached to an aromatic ring is 1. The Morgan fingerprint density at radius 3 is 2.62 bits per heavy atom. The second-order valence-corrected chi connectivity index (χ2v) is 4.71. The van der Waals surface area contributed by atoms with Crippen molar-refractivity contribution in [3.8, 4) is 0 Å². The summed E-state index contributed by atoms with van der Waals surface area (Å²) in [5.41, 5.74) is 6.77. The van der Waals surface area contributed by atoms with E-state index in [1.165, 1.54) is 12.1 Å². The number of hydrogen-bond acceptors (Lipinski definition) is 2. The number of rotatable bonds is 2. The Labute approximate surface area is 121 Å². The van der Waals surface area contributed by atoms with Gasteiger partial charge in [0.25, 0.3) is 5.91 Å². The third-order valence-electron chi connectivity index (χ3n) is 3.30. The van der Waals surface area contributed by atoms with Crippen molar-refractivity contribution in [3.05, 3.63) is 72.0 Å². The number of nitrogens with one attached hydrogen (secondary N) is 1. The van der Waals surface area contributed by atoms with Crippen molar-refractivity contribution >= 4 is 28.1 Å².